The quantitative estimate of drug-likeness (QED) is 0.825. The molecule has 1 N–H and O–H groups in total. The number of carbonyl (C=O) groups is 1. The number of ether oxygens (including phenoxy) is 1. The number of carboxylic acids is 1. The number of hydrogen-bond donors (Lipinski definition) is 1. The Balaban J connectivity index is 2.91. The Bertz CT molecular complexity index is 355. The van der Waals surface area contributed by atoms with Gasteiger partial charge in [0.2, 0.25) is 5.88 Å². The van der Waals surface area contributed by atoms with Gasteiger partial charge in [-0.2, -0.15) is 0 Å². The van der Waals surface area contributed by atoms with Crippen LogP contribution in [-0.2, 0) is 11.2 Å². The van der Waals surface area contributed by atoms with Gasteiger partial charge in [0, 0.05) is 11.8 Å². The fourth-order valence-electron chi connectivity index (χ4n) is 1.10. The van der Waals surface area contributed by atoms with Gasteiger partial charge in [0.1, 0.15) is 5.60 Å². The highest BCUT2D eigenvalue weighted by atomic mass is 16.5. The summed E-state index contributed by atoms with van der Waals surface area (Å²) >= 11 is 0. The molecule has 4 nitrogen and oxygen atoms in total. The topological polar surface area (TPSA) is 59.4 Å². The molecule has 0 fully saturated rings. The van der Waals surface area contributed by atoms with E-state index in [0.29, 0.717) is 11.4 Å². The average molecular weight is 209 g/mol. The van der Waals surface area contributed by atoms with Crippen molar-refractivity contribution in [2.75, 3.05) is 0 Å². The van der Waals surface area contributed by atoms with Gasteiger partial charge in [0.05, 0.1) is 6.42 Å². The third-order valence-electron chi connectivity index (χ3n) is 1.59. The van der Waals surface area contributed by atoms with E-state index in [2.05, 4.69) is 4.98 Å². The zero-order valence-corrected chi connectivity index (χ0v) is 9.15. The van der Waals surface area contributed by atoms with E-state index in [1.165, 1.54) is 0 Å². The van der Waals surface area contributed by atoms with E-state index in [0.717, 1.165) is 0 Å². The Morgan fingerprint density at radius 3 is 2.73 bits per heavy atom. The molecule has 0 bridgehead atoms. The van der Waals surface area contributed by atoms with Crippen molar-refractivity contribution >= 4 is 5.97 Å². The maximum absolute atomic E-state index is 10.6. The van der Waals surface area contributed by atoms with E-state index >= 15 is 0 Å². The molecule has 0 unspecified atom stereocenters. The molecule has 0 aliphatic carbocycles. The predicted octanol–water partition coefficient (Wildman–Crippen LogP) is 1.89. The summed E-state index contributed by atoms with van der Waals surface area (Å²) in [5.41, 5.74) is 0.224. The largest absolute Gasteiger partial charge is 0.481 e. The molecule has 0 atom stereocenters. The Kier molecular flexibility index (Phi) is 3.29. The van der Waals surface area contributed by atoms with Gasteiger partial charge in [0.15, 0.2) is 0 Å². The van der Waals surface area contributed by atoms with E-state index in [-0.39, 0.29) is 12.0 Å². The second kappa shape index (κ2) is 4.29. The second-order valence-corrected chi connectivity index (χ2v) is 4.25. The van der Waals surface area contributed by atoms with Crippen molar-refractivity contribution in [1.29, 1.82) is 0 Å². The number of rotatable bonds is 3. The number of aromatic nitrogens is 1. The molecule has 82 valence electrons. The normalized spacial score (nSPS) is 11.1. The molecule has 0 amide bonds. The van der Waals surface area contributed by atoms with Crippen LogP contribution in [-0.4, -0.2) is 21.7 Å². The van der Waals surface area contributed by atoms with Crippen LogP contribution < -0.4 is 4.74 Å². The number of hydrogen-bond acceptors (Lipinski definition) is 3. The zero-order valence-electron chi connectivity index (χ0n) is 9.15. The molecule has 0 spiro atoms. The summed E-state index contributed by atoms with van der Waals surface area (Å²) in [7, 11) is 0. The minimum atomic E-state index is -0.887. The van der Waals surface area contributed by atoms with Gasteiger partial charge in [0.25, 0.3) is 0 Å². The van der Waals surface area contributed by atoms with E-state index in [4.69, 9.17) is 9.84 Å². The summed E-state index contributed by atoms with van der Waals surface area (Å²) in [4.78, 5) is 14.6. The van der Waals surface area contributed by atoms with Crippen molar-refractivity contribution in [3.8, 4) is 5.88 Å². The number of aliphatic carboxylic acids is 1. The summed E-state index contributed by atoms with van der Waals surface area (Å²) in [6.45, 7) is 5.69. The summed E-state index contributed by atoms with van der Waals surface area (Å²) in [5.74, 6) is -0.492. The highest BCUT2D eigenvalue weighted by Crippen LogP contribution is 2.20. The zero-order chi connectivity index (χ0) is 11.5. The van der Waals surface area contributed by atoms with E-state index in [1.54, 1.807) is 18.3 Å². The number of nitrogens with zero attached hydrogens (tertiary/aromatic N) is 1. The first-order valence-corrected chi connectivity index (χ1v) is 4.73. The molecule has 1 aromatic heterocycles. The smallest absolute Gasteiger partial charge is 0.308 e. The van der Waals surface area contributed by atoms with Crippen molar-refractivity contribution < 1.29 is 14.6 Å². The van der Waals surface area contributed by atoms with Crippen LogP contribution in [0, 0.1) is 0 Å². The molecule has 4 heteroatoms. The van der Waals surface area contributed by atoms with Gasteiger partial charge < -0.3 is 9.84 Å². The van der Waals surface area contributed by atoms with Crippen molar-refractivity contribution in [2.45, 2.75) is 32.8 Å². The molecule has 15 heavy (non-hydrogen) atoms. The second-order valence-electron chi connectivity index (χ2n) is 4.25. The van der Waals surface area contributed by atoms with Crippen molar-refractivity contribution in [1.82, 2.24) is 4.98 Å². The molecule has 0 aromatic carbocycles. The lowest BCUT2D eigenvalue weighted by Gasteiger charge is -2.21. The molecule has 0 aliphatic heterocycles. The maximum atomic E-state index is 10.6. The molecule has 1 aromatic rings. The highest BCUT2D eigenvalue weighted by Gasteiger charge is 2.16. The van der Waals surface area contributed by atoms with Crippen LogP contribution in [0.4, 0.5) is 0 Å². The lowest BCUT2D eigenvalue weighted by Crippen LogP contribution is -2.24. The van der Waals surface area contributed by atoms with Crippen molar-refractivity contribution in [2.24, 2.45) is 0 Å². The van der Waals surface area contributed by atoms with Crippen LogP contribution in [0.2, 0.25) is 0 Å². The Hall–Kier alpha value is -1.58. The Morgan fingerprint density at radius 2 is 2.20 bits per heavy atom. The minimum Gasteiger partial charge on any atom is -0.481 e. The minimum absolute atomic E-state index is 0.0702. The molecular weight excluding hydrogens is 194 g/mol. The number of carboxylic acid groups (broad SMARTS) is 1. The van der Waals surface area contributed by atoms with Gasteiger partial charge >= 0.3 is 5.97 Å². The first-order chi connectivity index (χ1) is 6.88. The number of pyridine rings is 1. The van der Waals surface area contributed by atoms with Crippen LogP contribution in [0.5, 0.6) is 5.88 Å². The molecule has 0 saturated carbocycles. The van der Waals surface area contributed by atoms with Crippen LogP contribution in [0.3, 0.4) is 0 Å². The monoisotopic (exact) mass is 209 g/mol. The van der Waals surface area contributed by atoms with Crippen LogP contribution in [0.25, 0.3) is 0 Å². The Morgan fingerprint density at radius 1 is 1.53 bits per heavy atom. The highest BCUT2D eigenvalue weighted by molar-refractivity contribution is 5.70. The predicted molar refractivity (Wildman–Crippen MR) is 56.0 cm³/mol. The van der Waals surface area contributed by atoms with Crippen molar-refractivity contribution in [3.05, 3.63) is 23.9 Å². The van der Waals surface area contributed by atoms with Gasteiger partial charge in [-0.1, -0.05) is 6.07 Å². The average Bonchev–Trinajstić information content (AvgIpc) is 2.05. The van der Waals surface area contributed by atoms with Gasteiger partial charge in [-0.05, 0) is 26.8 Å². The Labute approximate surface area is 88.9 Å². The molecule has 0 radical (unpaired) electrons. The summed E-state index contributed by atoms with van der Waals surface area (Å²) in [6, 6.07) is 3.41. The first kappa shape index (κ1) is 11.5. The van der Waals surface area contributed by atoms with Gasteiger partial charge in [-0.3, -0.25) is 4.79 Å². The fraction of sp³-hybridized carbons (Fsp3) is 0.455. The van der Waals surface area contributed by atoms with Crippen LogP contribution in [0.15, 0.2) is 18.3 Å². The standard InChI is InChI=1S/C11H15NO3/c1-11(2,3)15-10-8(7-9(13)14)5-4-6-12-10/h4-6H,7H2,1-3H3,(H,13,14). The third kappa shape index (κ3) is 3.97. The molecule has 0 aliphatic rings. The van der Waals surface area contributed by atoms with Gasteiger partial charge in [-0.25, -0.2) is 4.98 Å². The van der Waals surface area contributed by atoms with Crippen LogP contribution >= 0.6 is 0 Å². The molecule has 1 heterocycles. The molecule has 0 saturated heterocycles. The lowest BCUT2D eigenvalue weighted by molar-refractivity contribution is -0.136. The van der Waals surface area contributed by atoms with E-state index in [1.807, 2.05) is 20.8 Å². The SMILES string of the molecule is CC(C)(C)Oc1ncccc1CC(=O)O. The summed E-state index contributed by atoms with van der Waals surface area (Å²) < 4.78 is 5.56. The third-order valence-corrected chi connectivity index (χ3v) is 1.59. The molecule has 1 rings (SSSR count). The van der Waals surface area contributed by atoms with E-state index < -0.39 is 5.97 Å². The fourth-order valence-corrected chi connectivity index (χ4v) is 1.10. The summed E-state index contributed by atoms with van der Waals surface area (Å²) in [5, 5.41) is 8.71. The lowest BCUT2D eigenvalue weighted by atomic mass is 10.1. The maximum Gasteiger partial charge on any atom is 0.308 e. The first-order valence-electron chi connectivity index (χ1n) is 4.73. The molecular formula is C11H15NO3. The van der Waals surface area contributed by atoms with Crippen molar-refractivity contribution in [3.63, 3.8) is 0 Å². The van der Waals surface area contributed by atoms with E-state index in [9.17, 15) is 4.79 Å². The summed E-state index contributed by atoms with van der Waals surface area (Å²) in [6.07, 6.45) is 1.52. The van der Waals surface area contributed by atoms with Gasteiger partial charge in [-0.15, -0.1) is 0 Å². The van der Waals surface area contributed by atoms with Crippen LogP contribution in [0.1, 0.15) is 26.3 Å².